The first-order valence-electron chi connectivity index (χ1n) is 10.8. The summed E-state index contributed by atoms with van der Waals surface area (Å²) < 4.78 is 33.1. The number of carboxylic acid groups (broad SMARTS) is 1. The maximum Gasteiger partial charge on any atom is 0.404 e. The number of carbonyl (C=O) groups excluding carboxylic acids is 1. The number of ether oxygens (including phenoxy) is 1. The lowest BCUT2D eigenvalue weighted by Crippen LogP contribution is -2.52. The molecule has 0 bridgehead atoms. The summed E-state index contributed by atoms with van der Waals surface area (Å²) in [5.74, 6) is 0.323. The van der Waals surface area contributed by atoms with E-state index in [0.717, 1.165) is 9.87 Å². The van der Waals surface area contributed by atoms with E-state index in [1.165, 1.54) is 31.4 Å². The van der Waals surface area contributed by atoms with Crippen molar-refractivity contribution in [3.05, 3.63) is 60.2 Å². The molecule has 1 heterocycles. The molecule has 2 aromatic rings. The summed E-state index contributed by atoms with van der Waals surface area (Å²) in [6, 6.07) is 13.5. The number of rotatable bonds is 11. The van der Waals surface area contributed by atoms with Crippen molar-refractivity contribution in [3.8, 4) is 5.75 Å². The first-order valence-corrected chi connectivity index (χ1v) is 12.3. The van der Waals surface area contributed by atoms with E-state index in [-0.39, 0.29) is 30.3 Å². The van der Waals surface area contributed by atoms with Gasteiger partial charge in [0.1, 0.15) is 5.75 Å². The van der Waals surface area contributed by atoms with Crippen LogP contribution in [0.4, 0.5) is 4.79 Å². The number of methoxy groups -OCH3 is 1. The second kappa shape index (κ2) is 11.3. The lowest BCUT2D eigenvalue weighted by molar-refractivity contribution is -0.119. The molecule has 10 nitrogen and oxygen atoms in total. The van der Waals surface area contributed by atoms with E-state index in [4.69, 9.17) is 4.74 Å². The van der Waals surface area contributed by atoms with Gasteiger partial charge in [-0.2, -0.15) is 4.31 Å². The van der Waals surface area contributed by atoms with Gasteiger partial charge in [-0.05, 0) is 42.7 Å². The molecule has 3 rings (SSSR count). The number of benzene rings is 2. The predicted octanol–water partition coefficient (Wildman–Crippen LogP) is 1.20. The van der Waals surface area contributed by atoms with Crippen LogP contribution in [0, 0.1) is 0 Å². The van der Waals surface area contributed by atoms with Crippen LogP contribution in [0.5, 0.6) is 5.75 Å². The van der Waals surface area contributed by atoms with E-state index >= 15 is 0 Å². The number of nitrogens with one attached hydrogen (secondary N) is 2. The van der Waals surface area contributed by atoms with E-state index < -0.39 is 34.3 Å². The van der Waals surface area contributed by atoms with Crippen molar-refractivity contribution >= 4 is 22.0 Å². The number of sulfonamides is 1. The standard InChI is InChI=1S/C23H29N3O7S/c1-33-18-8-10-19(11-9-18)34(31,32)26(14-17-7-12-22(28)24-17)15-21(27)20(25-23(29)30)13-16-5-3-2-4-6-16/h2-6,8-11,17,20-21,25,27H,7,12-15H2,1H3,(H,24,28)(H,29,30)/t17?,20-,21+/m0/s1. The van der Waals surface area contributed by atoms with Gasteiger partial charge < -0.3 is 25.6 Å². The van der Waals surface area contributed by atoms with Crippen molar-refractivity contribution in [1.82, 2.24) is 14.9 Å². The molecule has 11 heteroatoms. The van der Waals surface area contributed by atoms with Gasteiger partial charge >= 0.3 is 6.09 Å². The first kappa shape index (κ1) is 25.5. The molecule has 0 aliphatic carbocycles. The third-order valence-corrected chi connectivity index (χ3v) is 7.51. The molecule has 1 aliphatic rings. The van der Waals surface area contributed by atoms with Crippen molar-refractivity contribution in [2.75, 3.05) is 20.2 Å². The zero-order valence-corrected chi connectivity index (χ0v) is 19.6. The maximum absolute atomic E-state index is 13.5. The van der Waals surface area contributed by atoms with Crippen LogP contribution >= 0.6 is 0 Å². The Morgan fingerprint density at radius 2 is 1.88 bits per heavy atom. The minimum absolute atomic E-state index is 0.00405. The van der Waals surface area contributed by atoms with Crippen molar-refractivity contribution in [2.24, 2.45) is 0 Å². The third kappa shape index (κ3) is 6.69. The Hall–Kier alpha value is -3.15. The van der Waals surface area contributed by atoms with Gasteiger partial charge in [0.05, 0.1) is 24.2 Å². The van der Waals surface area contributed by atoms with Gasteiger partial charge in [-0.3, -0.25) is 4.79 Å². The lowest BCUT2D eigenvalue weighted by atomic mass is 10.0. The molecule has 2 aromatic carbocycles. The fourth-order valence-corrected chi connectivity index (χ4v) is 5.38. The molecule has 2 amide bonds. The fourth-order valence-electron chi connectivity index (χ4n) is 3.87. The normalized spacial score (nSPS) is 17.7. The summed E-state index contributed by atoms with van der Waals surface area (Å²) in [6.45, 7) is -0.416. The second-order valence-corrected chi connectivity index (χ2v) is 10.1. The molecule has 0 saturated carbocycles. The van der Waals surface area contributed by atoms with Crippen LogP contribution in [0.3, 0.4) is 0 Å². The van der Waals surface area contributed by atoms with Crippen LogP contribution in [0.2, 0.25) is 0 Å². The molecule has 1 unspecified atom stereocenters. The molecule has 0 aromatic heterocycles. The lowest BCUT2D eigenvalue weighted by Gasteiger charge is -2.30. The Labute approximate surface area is 198 Å². The number of nitrogens with zero attached hydrogens (tertiary/aromatic N) is 1. The van der Waals surface area contributed by atoms with Crippen molar-refractivity contribution in [2.45, 2.75) is 42.3 Å². The number of aliphatic hydroxyl groups excluding tert-OH is 1. The van der Waals surface area contributed by atoms with E-state index in [9.17, 15) is 28.2 Å². The molecule has 1 saturated heterocycles. The Bertz CT molecular complexity index is 1080. The number of amides is 2. The van der Waals surface area contributed by atoms with Gasteiger partial charge in [0, 0.05) is 25.6 Å². The Balaban J connectivity index is 1.86. The van der Waals surface area contributed by atoms with Gasteiger partial charge in [-0.1, -0.05) is 30.3 Å². The molecule has 1 aliphatic heterocycles. The minimum atomic E-state index is -4.07. The van der Waals surface area contributed by atoms with Gasteiger partial charge in [0.25, 0.3) is 0 Å². The summed E-state index contributed by atoms with van der Waals surface area (Å²) in [4.78, 5) is 23.0. The molecule has 0 radical (unpaired) electrons. The highest BCUT2D eigenvalue weighted by molar-refractivity contribution is 7.89. The summed E-state index contributed by atoms with van der Waals surface area (Å²) in [5.41, 5.74) is 0.785. The van der Waals surface area contributed by atoms with Crippen LogP contribution in [0.25, 0.3) is 0 Å². The van der Waals surface area contributed by atoms with E-state index in [1.807, 2.05) is 6.07 Å². The summed E-state index contributed by atoms with van der Waals surface area (Å²) in [6.07, 6.45) is -1.75. The molecule has 34 heavy (non-hydrogen) atoms. The smallest absolute Gasteiger partial charge is 0.404 e. The van der Waals surface area contributed by atoms with Crippen molar-refractivity contribution < 1.29 is 33.0 Å². The highest BCUT2D eigenvalue weighted by Gasteiger charge is 2.34. The second-order valence-electron chi connectivity index (χ2n) is 8.11. The van der Waals surface area contributed by atoms with Crippen molar-refractivity contribution in [1.29, 1.82) is 0 Å². The molecule has 184 valence electrons. The third-order valence-electron chi connectivity index (χ3n) is 5.67. The molecule has 4 N–H and O–H groups in total. The highest BCUT2D eigenvalue weighted by atomic mass is 32.2. The molecule has 0 spiro atoms. The quantitative estimate of drug-likeness (QED) is 0.370. The zero-order valence-electron chi connectivity index (χ0n) is 18.8. The fraction of sp³-hybridized carbons (Fsp3) is 0.391. The zero-order chi connectivity index (χ0) is 24.7. The van der Waals surface area contributed by atoms with E-state index in [2.05, 4.69) is 10.6 Å². The average Bonchev–Trinajstić information content (AvgIpc) is 3.23. The average molecular weight is 492 g/mol. The van der Waals surface area contributed by atoms with E-state index in [1.54, 1.807) is 24.3 Å². The molecular formula is C23H29N3O7S. The van der Waals surface area contributed by atoms with Gasteiger partial charge in [0.2, 0.25) is 15.9 Å². The largest absolute Gasteiger partial charge is 0.497 e. The van der Waals surface area contributed by atoms with Gasteiger partial charge in [-0.15, -0.1) is 0 Å². The summed E-state index contributed by atoms with van der Waals surface area (Å²) >= 11 is 0. The van der Waals surface area contributed by atoms with Gasteiger partial charge in [-0.25, -0.2) is 13.2 Å². The van der Waals surface area contributed by atoms with E-state index in [0.29, 0.717) is 18.6 Å². The minimum Gasteiger partial charge on any atom is -0.497 e. The summed E-state index contributed by atoms with van der Waals surface area (Å²) in [5, 5.41) is 25.3. The van der Waals surface area contributed by atoms with Crippen molar-refractivity contribution in [3.63, 3.8) is 0 Å². The predicted molar refractivity (Wildman–Crippen MR) is 124 cm³/mol. The Morgan fingerprint density at radius 3 is 2.44 bits per heavy atom. The van der Waals surface area contributed by atoms with Gasteiger partial charge in [0.15, 0.2) is 0 Å². The monoisotopic (exact) mass is 491 g/mol. The Kier molecular flexibility index (Phi) is 8.48. The molecule has 1 fully saturated rings. The van der Waals surface area contributed by atoms with Crippen LogP contribution < -0.4 is 15.4 Å². The van der Waals surface area contributed by atoms with Crippen LogP contribution in [-0.2, 0) is 21.2 Å². The Morgan fingerprint density at radius 1 is 1.21 bits per heavy atom. The van der Waals surface area contributed by atoms with Crippen LogP contribution in [0.15, 0.2) is 59.5 Å². The number of hydrogen-bond donors (Lipinski definition) is 4. The molecular weight excluding hydrogens is 462 g/mol. The summed E-state index contributed by atoms with van der Waals surface area (Å²) in [7, 11) is -2.60. The maximum atomic E-state index is 13.5. The van der Waals surface area contributed by atoms with Crippen LogP contribution in [-0.4, -0.2) is 73.3 Å². The molecule has 3 atom stereocenters. The number of aliphatic hydroxyl groups is 1. The topological polar surface area (TPSA) is 145 Å². The number of hydrogen-bond acceptors (Lipinski definition) is 6. The SMILES string of the molecule is COc1ccc(S(=O)(=O)N(CC2CCC(=O)N2)C[C@@H](O)[C@H](Cc2ccccc2)NC(=O)O)cc1. The number of carbonyl (C=O) groups is 2. The first-order chi connectivity index (χ1) is 16.2. The highest BCUT2D eigenvalue weighted by Crippen LogP contribution is 2.22. The van der Waals surface area contributed by atoms with Crippen LogP contribution in [0.1, 0.15) is 18.4 Å².